The Kier molecular flexibility index (Phi) is 4.82. The fourth-order valence-electron chi connectivity index (χ4n) is 2.62. The van der Waals surface area contributed by atoms with Crippen molar-refractivity contribution in [1.82, 2.24) is 10.2 Å². The molecule has 0 radical (unpaired) electrons. The number of carbonyl (C=O) groups is 1. The number of carbonyl (C=O) groups excluding carboxylic acids is 1. The van der Waals surface area contributed by atoms with Crippen molar-refractivity contribution >= 4 is 5.91 Å². The molecule has 106 valence electrons. The van der Waals surface area contributed by atoms with Crippen LogP contribution in [-0.4, -0.2) is 36.0 Å². The van der Waals surface area contributed by atoms with Gasteiger partial charge in [0.2, 0.25) is 5.91 Å². The minimum atomic E-state index is -0.124. The van der Waals surface area contributed by atoms with Crippen molar-refractivity contribution in [2.45, 2.75) is 59.9 Å². The highest BCUT2D eigenvalue weighted by atomic mass is 16.2. The molecule has 0 bridgehead atoms. The number of piperidine rings is 1. The highest BCUT2D eigenvalue weighted by Crippen LogP contribution is 2.34. The summed E-state index contributed by atoms with van der Waals surface area (Å²) >= 11 is 0. The van der Waals surface area contributed by atoms with Crippen LogP contribution in [0.3, 0.4) is 0 Å². The molecule has 3 heteroatoms. The van der Waals surface area contributed by atoms with Crippen LogP contribution in [0.25, 0.3) is 0 Å². The van der Waals surface area contributed by atoms with Gasteiger partial charge in [0, 0.05) is 5.54 Å². The van der Waals surface area contributed by atoms with Crippen molar-refractivity contribution in [1.29, 1.82) is 0 Å². The summed E-state index contributed by atoms with van der Waals surface area (Å²) in [4.78, 5) is 14.1. The molecule has 18 heavy (non-hydrogen) atoms. The Bertz CT molecular complexity index is 278. The zero-order valence-electron chi connectivity index (χ0n) is 13.0. The second kappa shape index (κ2) is 5.60. The van der Waals surface area contributed by atoms with Gasteiger partial charge in [-0.15, -0.1) is 0 Å². The minimum Gasteiger partial charge on any atom is -0.350 e. The lowest BCUT2D eigenvalue weighted by atomic mass is 9.75. The Hall–Kier alpha value is -0.570. The van der Waals surface area contributed by atoms with Crippen LogP contribution in [0, 0.1) is 11.3 Å². The van der Waals surface area contributed by atoms with E-state index in [0.717, 1.165) is 19.0 Å². The van der Waals surface area contributed by atoms with Gasteiger partial charge in [-0.2, -0.15) is 0 Å². The third-order valence-electron chi connectivity index (χ3n) is 3.69. The van der Waals surface area contributed by atoms with E-state index in [0.29, 0.717) is 12.0 Å². The SMILES string of the molecule is CC(C)(C)NC(=O)CN1CCC(C(C)(C)C)CC1. The predicted octanol–water partition coefficient (Wildman–Crippen LogP) is 2.66. The molecule has 1 N–H and O–H groups in total. The Balaban J connectivity index is 2.34. The second-order valence-electron chi connectivity index (χ2n) is 7.71. The van der Waals surface area contributed by atoms with Gasteiger partial charge >= 0.3 is 0 Å². The molecular weight excluding hydrogens is 224 g/mol. The van der Waals surface area contributed by atoms with Crippen molar-refractivity contribution in [2.24, 2.45) is 11.3 Å². The molecular formula is C15H30N2O. The van der Waals surface area contributed by atoms with E-state index in [1.807, 2.05) is 20.8 Å². The molecule has 1 amide bonds. The second-order valence-corrected chi connectivity index (χ2v) is 7.71. The normalized spacial score (nSPS) is 19.9. The van der Waals surface area contributed by atoms with Gasteiger partial charge in [-0.05, 0) is 58.0 Å². The number of rotatable bonds is 2. The number of nitrogens with one attached hydrogen (secondary N) is 1. The van der Waals surface area contributed by atoms with E-state index in [-0.39, 0.29) is 11.4 Å². The van der Waals surface area contributed by atoms with E-state index in [1.165, 1.54) is 12.8 Å². The number of hydrogen-bond acceptors (Lipinski definition) is 2. The molecule has 1 fully saturated rings. The molecule has 0 aromatic heterocycles. The average Bonchev–Trinajstić information content (AvgIpc) is 2.13. The summed E-state index contributed by atoms with van der Waals surface area (Å²) < 4.78 is 0. The third kappa shape index (κ3) is 5.38. The Morgan fingerprint density at radius 3 is 2.00 bits per heavy atom. The zero-order chi connectivity index (χ0) is 14.0. The first kappa shape index (κ1) is 15.5. The van der Waals surface area contributed by atoms with E-state index >= 15 is 0 Å². The van der Waals surface area contributed by atoms with Gasteiger partial charge in [0.15, 0.2) is 0 Å². The molecule has 1 rings (SSSR count). The maximum Gasteiger partial charge on any atom is 0.234 e. The van der Waals surface area contributed by atoms with Gasteiger partial charge < -0.3 is 5.32 Å². The van der Waals surface area contributed by atoms with Crippen LogP contribution in [0.1, 0.15) is 54.4 Å². The van der Waals surface area contributed by atoms with Gasteiger partial charge in [0.1, 0.15) is 0 Å². The van der Waals surface area contributed by atoms with E-state index in [1.54, 1.807) is 0 Å². The summed E-state index contributed by atoms with van der Waals surface area (Å²) in [5.74, 6) is 0.941. The quantitative estimate of drug-likeness (QED) is 0.821. The van der Waals surface area contributed by atoms with Crippen LogP contribution in [0.15, 0.2) is 0 Å². The maximum absolute atomic E-state index is 11.9. The van der Waals surface area contributed by atoms with Crippen LogP contribution < -0.4 is 5.32 Å². The van der Waals surface area contributed by atoms with Gasteiger partial charge in [-0.3, -0.25) is 9.69 Å². The first-order valence-corrected chi connectivity index (χ1v) is 7.11. The molecule has 1 heterocycles. The summed E-state index contributed by atoms with van der Waals surface area (Å²) in [7, 11) is 0. The molecule has 3 nitrogen and oxygen atoms in total. The summed E-state index contributed by atoms with van der Waals surface area (Å²) in [6.45, 7) is 15.7. The third-order valence-corrected chi connectivity index (χ3v) is 3.69. The number of amides is 1. The smallest absolute Gasteiger partial charge is 0.234 e. The standard InChI is InChI=1S/C15H30N2O/c1-14(2,3)12-7-9-17(10-8-12)11-13(18)16-15(4,5)6/h12H,7-11H2,1-6H3,(H,16,18). The van der Waals surface area contributed by atoms with Gasteiger partial charge in [0.05, 0.1) is 6.54 Å². The average molecular weight is 254 g/mol. The zero-order valence-corrected chi connectivity index (χ0v) is 13.0. The van der Waals surface area contributed by atoms with Crippen molar-refractivity contribution in [3.63, 3.8) is 0 Å². The molecule has 1 aliphatic rings. The predicted molar refractivity (Wildman–Crippen MR) is 76.5 cm³/mol. The van der Waals surface area contributed by atoms with E-state index in [9.17, 15) is 4.79 Å². The fourth-order valence-corrected chi connectivity index (χ4v) is 2.62. The Morgan fingerprint density at radius 2 is 1.61 bits per heavy atom. The molecule has 0 saturated carbocycles. The summed E-state index contributed by atoms with van der Waals surface area (Å²) in [6.07, 6.45) is 2.43. The van der Waals surface area contributed by atoms with Gasteiger partial charge in [0.25, 0.3) is 0 Å². The molecule has 0 unspecified atom stereocenters. The van der Waals surface area contributed by atoms with Crippen molar-refractivity contribution in [2.75, 3.05) is 19.6 Å². The molecule has 1 saturated heterocycles. The minimum absolute atomic E-state index is 0.124. The van der Waals surface area contributed by atoms with Crippen LogP contribution in [-0.2, 0) is 4.79 Å². The van der Waals surface area contributed by atoms with Crippen LogP contribution >= 0.6 is 0 Å². The Morgan fingerprint density at radius 1 is 1.11 bits per heavy atom. The molecule has 1 aliphatic heterocycles. The number of nitrogens with zero attached hydrogens (tertiary/aromatic N) is 1. The van der Waals surface area contributed by atoms with Crippen molar-refractivity contribution in [3.05, 3.63) is 0 Å². The molecule has 0 aromatic carbocycles. The maximum atomic E-state index is 11.9. The summed E-state index contributed by atoms with van der Waals surface area (Å²) in [6, 6.07) is 0. The lowest BCUT2D eigenvalue weighted by Gasteiger charge is -2.38. The van der Waals surface area contributed by atoms with Crippen LogP contribution in [0.2, 0.25) is 0 Å². The molecule has 0 spiro atoms. The number of likely N-dealkylation sites (tertiary alicyclic amines) is 1. The van der Waals surface area contributed by atoms with Crippen molar-refractivity contribution in [3.8, 4) is 0 Å². The Labute approximate surface area is 112 Å². The van der Waals surface area contributed by atoms with E-state index in [2.05, 4.69) is 31.0 Å². The van der Waals surface area contributed by atoms with E-state index in [4.69, 9.17) is 0 Å². The molecule has 0 atom stereocenters. The lowest BCUT2D eigenvalue weighted by molar-refractivity contribution is -0.124. The summed E-state index contributed by atoms with van der Waals surface area (Å²) in [5, 5.41) is 3.03. The van der Waals surface area contributed by atoms with Crippen LogP contribution in [0.4, 0.5) is 0 Å². The topological polar surface area (TPSA) is 32.3 Å². The number of hydrogen-bond donors (Lipinski definition) is 1. The highest BCUT2D eigenvalue weighted by molar-refractivity contribution is 5.78. The largest absolute Gasteiger partial charge is 0.350 e. The van der Waals surface area contributed by atoms with Gasteiger partial charge in [-0.1, -0.05) is 20.8 Å². The highest BCUT2D eigenvalue weighted by Gasteiger charge is 2.29. The molecule has 0 aliphatic carbocycles. The van der Waals surface area contributed by atoms with Crippen molar-refractivity contribution < 1.29 is 4.79 Å². The first-order valence-electron chi connectivity index (χ1n) is 7.11. The lowest BCUT2D eigenvalue weighted by Crippen LogP contribution is -2.48. The summed E-state index contributed by atoms with van der Waals surface area (Å²) in [5.41, 5.74) is 0.278. The van der Waals surface area contributed by atoms with E-state index < -0.39 is 0 Å². The van der Waals surface area contributed by atoms with Crippen LogP contribution in [0.5, 0.6) is 0 Å². The monoisotopic (exact) mass is 254 g/mol. The molecule has 0 aromatic rings. The van der Waals surface area contributed by atoms with Gasteiger partial charge in [-0.25, -0.2) is 0 Å². The first-order chi connectivity index (χ1) is 8.08. The fraction of sp³-hybridized carbons (Fsp3) is 0.933.